The molecule has 0 atom stereocenters. The zero-order valence-corrected chi connectivity index (χ0v) is 10.5. The lowest BCUT2D eigenvalue weighted by molar-refractivity contribution is 1.22. The van der Waals surface area contributed by atoms with Gasteiger partial charge < -0.3 is 0 Å². The summed E-state index contributed by atoms with van der Waals surface area (Å²) in [5.74, 6) is 0. The molecule has 92 valence electrons. The highest BCUT2D eigenvalue weighted by atomic mass is 15.1. The first-order chi connectivity index (χ1) is 9.43. The van der Waals surface area contributed by atoms with Gasteiger partial charge in [0.1, 0.15) is 0 Å². The molecule has 0 spiro atoms. The molecule has 0 aromatic heterocycles. The lowest BCUT2D eigenvalue weighted by Crippen LogP contribution is -1.81. The summed E-state index contributed by atoms with van der Waals surface area (Å²) in [4.78, 5) is 0. The zero-order chi connectivity index (χ0) is 12.9. The van der Waals surface area contributed by atoms with Gasteiger partial charge in [-0.1, -0.05) is 54.6 Å². The molecule has 0 aliphatic heterocycles. The van der Waals surface area contributed by atoms with Gasteiger partial charge in [0.15, 0.2) is 0 Å². The zero-order valence-electron chi connectivity index (χ0n) is 10.5. The summed E-state index contributed by atoms with van der Waals surface area (Å²) in [6.45, 7) is 0. The molecule has 0 saturated carbocycles. The van der Waals surface area contributed by atoms with E-state index in [0.717, 1.165) is 23.4 Å². The normalized spacial score (nSPS) is 14.0. The Morgan fingerprint density at radius 2 is 1.58 bits per heavy atom. The summed E-state index contributed by atoms with van der Waals surface area (Å²) in [6.07, 6.45) is 7.34. The fraction of sp³-hybridized carbons (Fsp3) is 0.0588. The summed E-state index contributed by atoms with van der Waals surface area (Å²) in [6, 6.07) is 17.9. The molecule has 2 nitrogen and oxygen atoms in total. The molecule has 2 aromatic rings. The Labute approximate surface area is 112 Å². The van der Waals surface area contributed by atoms with Crippen LogP contribution in [0.1, 0.15) is 12.0 Å². The Morgan fingerprint density at radius 3 is 2.37 bits per heavy atom. The first-order valence-corrected chi connectivity index (χ1v) is 6.35. The van der Waals surface area contributed by atoms with Crippen molar-refractivity contribution in [1.29, 1.82) is 0 Å². The summed E-state index contributed by atoms with van der Waals surface area (Å²) in [5, 5.41) is 8.66. The van der Waals surface area contributed by atoms with Gasteiger partial charge in [0.25, 0.3) is 0 Å². The van der Waals surface area contributed by atoms with E-state index in [-0.39, 0.29) is 0 Å². The third-order valence-electron chi connectivity index (χ3n) is 3.05. The monoisotopic (exact) mass is 246 g/mol. The van der Waals surface area contributed by atoms with Crippen LogP contribution in [-0.2, 0) is 0 Å². The van der Waals surface area contributed by atoms with E-state index in [4.69, 9.17) is 0 Å². The summed E-state index contributed by atoms with van der Waals surface area (Å²) in [7, 11) is 0. The molecule has 0 bridgehead atoms. The Morgan fingerprint density at radius 1 is 0.789 bits per heavy atom. The second-order valence-electron chi connectivity index (χ2n) is 4.38. The first kappa shape index (κ1) is 11.6. The number of azo groups is 1. The van der Waals surface area contributed by atoms with Gasteiger partial charge in [-0.3, -0.25) is 0 Å². The molecule has 19 heavy (non-hydrogen) atoms. The van der Waals surface area contributed by atoms with E-state index in [1.54, 1.807) is 0 Å². The van der Waals surface area contributed by atoms with Crippen LogP contribution in [0, 0.1) is 0 Å². The fourth-order valence-corrected chi connectivity index (χ4v) is 2.09. The Balaban J connectivity index is 1.91. The number of allylic oxidation sites excluding steroid dienone is 4. The Bertz CT molecular complexity index is 652. The Hall–Kier alpha value is -2.48. The van der Waals surface area contributed by atoms with Crippen LogP contribution >= 0.6 is 0 Å². The number of hydrogen-bond donors (Lipinski definition) is 0. The highest BCUT2D eigenvalue weighted by Crippen LogP contribution is 2.31. The van der Waals surface area contributed by atoms with Crippen LogP contribution in [0.5, 0.6) is 0 Å². The van der Waals surface area contributed by atoms with Crippen molar-refractivity contribution in [3.63, 3.8) is 0 Å². The van der Waals surface area contributed by atoms with Crippen LogP contribution in [0.2, 0.25) is 0 Å². The van der Waals surface area contributed by atoms with Crippen molar-refractivity contribution in [2.45, 2.75) is 6.42 Å². The van der Waals surface area contributed by atoms with Crippen molar-refractivity contribution >= 4 is 16.9 Å². The van der Waals surface area contributed by atoms with E-state index in [2.05, 4.69) is 34.5 Å². The topological polar surface area (TPSA) is 24.7 Å². The van der Waals surface area contributed by atoms with Gasteiger partial charge in [-0.05, 0) is 30.2 Å². The summed E-state index contributed by atoms with van der Waals surface area (Å²) >= 11 is 0. The van der Waals surface area contributed by atoms with E-state index >= 15 is 0 Å². The van der Waals surface area contributed by atoms with Crippen LogP contribution in [-0.4, -0.2) is 0 Å². The van der Waals surface area contributed by atoms with E-state index in [1.165, 1.54) is 5.57 Å². The van der Waals surface area contributed by atoms with Crippen molar-refractivity contribution in [3.05, 3.63) is 78.4 Å². The van der Waals surface area contributed by atoms with Gasteiger partial charge in [0, 0.05) is 5.56 Å². The molecule has 0 amide bonds. The first-order valence-electron chi connectivity index (χ1n) is 6.35. The highest BCUT2D eigenvalue weighted by molar-refractivity contribution is 5.78. The molecule has 0 saturated heterocycles. The average Bonchev–Trinajstić information content (AvgIpc) is 3.01. The summed E-state index contributed by atoms with van der Waals surface area (Å²) in [5.41, 5.74) is 4.24. The van der Waals surface area contributed by atoms with E-state index < -0.39 is 0 Å². The molecule has 0 N–H and O–H groups in total. The molecule has 0 heterocycles. The van der Waals surface area contributed by atoms with Crippen molar-refractivity contribution in [1.82, 2.24) is 0 Å². The number of hydrogen-bond acceptors (Lipinski definition) is 2. The second-order valence-corrected chi connectivity index (χ2v) is 4.38. The van der Waals surface area contributed by atoms with Crippen LogP contribution in [0.15, 0.2) is 83.1 Å². The van der Waals surface area contributed by atoms with E-state index in [1.807, 2.05) is 48.5 Å². The quantitative estimate of drug-likeness (QED) is 0.644. The van der Waals surface area contributed by atoms with Gasteiger partial charge >= 0.3 is 0 Å². The van der Waals surface area contributed by atoms with Gasteiger partial charge in [-0.25, -0.2) is 0 Å². The van der Waals surface area contributed by atoms with E-state index in [9.17, 15) is 0 Å². The third-order valence-corrected chi connectivity index (χ3v) is 3.05. The van der Waals surface area contributed by atoms with Crippen molar-refractivity contribution in [3.8, 4) is 0 Å². The van der Waals surface area contributed by atoms with Crippen LogP contribution in [0.25, 0.3) is 5.57 Å². The maximum atomic E-state index is 4.38. The van der Waals surface area contributed by atoms with Gasteiger partial charge in [-0.2, -0.15) is 5.11 Å². The number of benzene rings is 2. The predicted octanol–water partition coefficient (Wildman–Crippen LogP) is 5.45. The SMILES string of the molecule is C1=CCC(c2ccccc2N=Nc2ccccc2)=C1. The third kappa shape index (κ3) is 2.68. The number of rotatable bonds is 3. The molecule has 0 unspecified atom stereocenters. The lowest BCUT2D eigenvalue weighted by Gasteiger charge is -2.05. The minimum absolute atomic E-state index is 0.871. The predicted molar refractivity (Wildman–Crippen MR) is 78.8 cm³/mol. The van der Waals surface area contributed by atoms with Gasteiger partial charge in [-0.15, -0.1) is 5.11 Å². The second kappa shape index (κ2) is 5.44. The van der Waals surface area contributed by atoms with Crippen LogP contribution < -0.4 is 0 Å². The minimum Gasteiger partial charge on any atom is -0.151 e. The van der Waals surface area contributed by atoms with Crippen LogP contribution in [0.4, 0.5) is 11.4 Å². The van der Waals surface area contributed by atoms with Crippen LogP contribution in [0.3, 0.4) is 0 Å². The molecular weight excluding hydrogens is 232 g/mol. The fourth-order valence-electron chi connectivity index (χ4n) is 2.09. The smallest absolute Gasteiger partial charge is 0.0932 e. The molecule has 0 fully saturated rings. The largest absolute Gasteiger partial charge is 0.151 e. The van der Waals surface area contributed by atoms with Crippen molar-refractivity contribution in [2.75, 3.05) is 0 Å². The van der Waals surface area contributed by atoms with Gasteiger partial charge in [0.05, 0.1) is 11.4 Å². The highest BCUT2D eigenvalue weighted by Gasteiger charge is 2.07. The van der Waals surface area contributed by atoms with Crippen molar-refractivity contribution < 1.29 is 0 Å². The number of nitrogens with zero attached hydrogens (tertiary/aromatic N) is 2. The van der Waals surface area contributed by atoms with Crippen molar-refractivity contribution in [2.24, 2.45) is 10.2 Å². The molecule has 1 aliphatic rings. The molecular formula is C17H14N2. The Kier molecular flexibility index (Phi) is 3.32. The standard InChI is InChI=1S/C17H14N2/c1-2-10-15(11-3-1)18-19-17-13-7-6-12-16(17)14-8-4-5-9-14/h1-8,10-13H,9H2. The molecule has 0 radical (unpaired) electrons. The maximum Gasteiger partial charge on any atom is 0.0932 e. The maximum absolute atomic E-state index is 4.38. The lowest BCUT2D eigenvalue weighted by atomic mass is 10.0. The molecule has 2 heteroatoms. The molecule has 2 aromatic carbocycles. The average molecular weight is 246 g/mol. The van der Waals surface area contributed by atoms with Gasteiger partial charge in [0.2, 0.25) is 0 Å². The molecule has 3 rings (SSSR count). The minimum atomic E-state index is 0.871. The molecule has 1 aliphatic carbocycles. The summed E-state index contributed by atoms with van der Waals surface area (Å²) < 4.78 is 0. The van der Waals surface area contributed by atoms with E-state index in [0.29, 0.717) is 0 Å².